The third-order valence-electron chi connectivity index (χ3n) is 8.97. The third kappa shape index (κ3) is 7.80. The smallest absolute Gasteiger partial charge is 0.263 e. The monoisotopic (exact) mass is 617 g/mol. The molecular weight excluding hydrogens is 574 g/mol. The van der Waals surface area contributed by atoms with E-state index in [1.165, 1.54) is 6.92 Å². The summed E-state index contributed by atoms with van der Waals surface area (Å²) in [6.45, 7) is 6.48. The van der Waals surface area contributed by atoms with Gasteiger partial charge in [0.05, 0.1) is 5.56 Å². The quantitative estimate of drug-likeness (QED) is 0.215. The Kier molecular flexibility index (Phi) is 10.7. The first-order valence-corrected chi connectivity index (χ1v) is 16.0. The summed E-state index contributed by atoms with van der Waals surface area (Å²) in [6, 6.07) is 3.90. The van der Waals surface area contributed by atoms with Gasteiger partial charge in [0.1, 0.15) is 18.1 Å². The van der Waals surface area contributed by atoms with Crippen LogP contribution in [0.15, 0.2) is 29.3 Å². The lowest BCUT2D eigenvalue weighted by molar-refractivity contribution is -0.133. The molecule has 0 spiro atoms. The summed E-state index contributed by atoms with van der Waals surface area (Å²) in [5.74, 6) is 0.686. The van der Waals surface area contributed by atoms with Crippen molar-refractivity contribution in [1.29, 1.82) is 0 Å². The first kappa shape index (κ1) is 32.4. The zero-order valence-corrected chi connectivity index (χ0v) is 26.3. The Hall–Kier alpha value is -4.03. The molecule has 3 aromatic rings. The molecule has 1 aliphatic carbocycles. The van der Waals surface area contributed by atoms with Crippen LogP contribution in [0.25, 0.3) is 11.0 Å². The Balaban J connectivity index is 1.17. The number of rotatable bonds is 13. The maximum atomic E-state index is 13.5. The van der Waals surface area contributed by atoms with Crippen LogP contribution in [0.1, 0.15) is 92.2 Å². The largest absolute Gasteiger partial charge is 0.389 e. The maximum absolute atomic E-state index is 13.5. The van der Waals surface area contributed by atoms with E-state index in [2.05, 4.69) is 20.2 Å². The summed E-state index contributed by atoms with van der Waals surface area (Å²) in [4.78, 5) is 67.6. The number of amides is 1. The number of aliphatic hydroxyl groups is 1. The zero-order chi connectivity index (χ0) is 31.9. The number of carbonyl (C=O) groups excluding carboxylic acids is 3. The molecule has 2 aliphatic rings. The molecule has 0 atom stereocenters. The van der Waals surface area contributed by atoms with Crippen LogP contribution < -0.4 is 10.9 Å². The molecule has 5 rings (SSSR count). The molecule has 2 fully saturated rings. The second-order valence-electron chi connectivity index (χ2n) is 12.2. The molecule has 0 unspecified atom stereocenters. The van der Waals surface area contributed by atoms with E-state index >= 15 is 0 Å². The second kappa shape index (κ2) is 14.8. The molecule has 2 N–H and O–H groups in total. The molecule has 12 heteroatoms. The highest BCUT2D eigenvalue weighted by Crippen LogP contribution is 2.32. The number of carbonyl (C=O) groups is 3. The minimum atomic E-state index is -0.406. The number of hydrogen-bond donors (Lipinski definition) is 2. The Bertz CT molecular complexity index is 1590. The van der Waals surface area contributed by atoms with Crippen molar-refractivity contribution in [1.82, 2.24) is 29.3 Å². The topological polar surface area (TPSA) is 151 Å². The van der Waals surface area contributed by atoms with Crippen LogP contribution in [-0.4, -0.2) is 84.7 Å². The lowest BCUT2D eigenvalue weighted by atomic mass is 10.0. The molecule has 1 saturated heterocycles. The van der Waals surface area contributed by atoms with E-state index in [-0.39, 0.29) is 34.6 Å². The number of nitrogens with one attached hydrogen (secondary N) is 1. The van der Waals surface area contributed by atoms with E-state index in [1.54, 1.807) is 17.7 Å². The number of hydrogen-bond acceptors (Lipinski definition) is 10. The minimum absolute atomic E-state index is 0.0136. The minimum Gasteiger partial charge on any atom is -0.389 e. The molecule has 3 aromatic heterocycles. The van der Waals surface area contributed by atoms with Crippen molar-refractivity contribution in [2.45, 2.75) is 84.2 Å². The number of fused-ring (bicyclic) bond motifs is 1. The van der Waals surface area contributed by atoms with Crippen molar-refractivity contribution in [2.75, 3.05) is 38.1 Å². The van der Waals surface area contributed by atoms with Gasteiger partial charge >= 0.3 is 0 Å². The number of Topliss-reactive ketones (excluding diaryl/α,β-unsaturated/α-hetero) is 2. The average Bonchev–Trinajstić information content (AvgIpc) is 3.56. The van der Waals surface area contributed by atoms with Crippen molar-refractivity contribution in [3.05, 3.63) is 51.6 Å². The van der Waals surface area contributed by atoms with Gasteiger partial charge in [-0.1, -0.05) is 25.3 Å². The Labute approximate surface area is 262 Å². The highest BCUT2D eigenvalue weighted by Gasteiger charge is 2.26. The SMILES string of the molecule is CC(=O)c1c(C)c2cnc(Nc3ccc(CN4CCN(C(=O)CCCCCC(=O)CO)CC4)cn3)nc2n(C2CCCC2)c1=O. The van der Waals surface area contributed by atoms with Gasteiger partial charge < -0.3 is 15.3 Å². The fraction of sp³-hybridized carbons (Fsp3) is 0.545. The third-order valence-corrected chi connectivity index (χ3v) is 8.97. The predicted octanol–water partition coefficient (Wildman–Crippen LogP) is 3.71. The summed E-state index contributed by atoms with van der Waals surface area (Å²) in [7, 11) is 0. The van der Waals surface area contributed by atoms with Crippen LogP contribution in [0.3, 0.4) is 0 Å². The normalized spacial score (nSPS) is 15.9. The summed E-state index contributed by atoms with van der Waals surface area (Å²) in [5, 5.41) is 12.7. The highest BCUT2D eigenvalue weighted by atomic mass is 16.3. The van der Waals surface area contributed by atoms with Gasteiger partial charge in [0.2, 0.25) is 11.9 Å². The van der Waals surface area contributed by atoms with Crippen LogP contribution in [0.4, 0.5) is 11.8 Å². The van der Waals surface area contributed by atoms with Crippen LogP contribution >= 0.6 is 0 Å². The summed E-state index contributed by atoms with van der Waals surface area (Å²) in [6.07, 6.45) is 10.5. The van der Waals surface area contributed by atoms with Gasteiger partial charge in [-0.05, 0) is 56.7 Å². The van der Waals surface area contributed by atoms with E-state index in [0.717, 1.165) is 63.7 Å². The molecule has 1 aliphatic heterocycles. The number of piperazine rings is 1. The van der Waals surface area contributed by atoms with Gasteiger partial charge in [-0.2, -0.15) is 4.98 Å². The predicted molar refractivity (Wildman–Crippen MR) is 171 cm³/mol. The van der Waals surface area contributed by atoms with E-state index in [9.17, 15) is 19.2 Å². The number of unbranched alkanes of at least 4 members (excludes halogenated alkanes) is 2. The fourth-order valence-electron chi connectivity index (χ4n) is 6.44. The van der Waals surface area contributed by atoms with Crippen molar-refractivity contribution < 1.29 is 19.5 Å². The lowest BCUT2D eigenvalue weighted by Crippen LogP contribution is -2.48. The average molecular weight is 618 g/mol. The Morgan fingerprint density at radius 3 is 2.38 bits per heavy atom. The zero-order valence-electron chi connectivity index (χ0n) is 26.3. The number of anilines is 2. The van der Waals surface area contributed by atoms with Crippen molar-refractivity contribution in [2.24, 2.45) is 0 Å². The summed E-state index contributed by atoms with van der Waals surface area (Å²) < 4.78 is 1.70. The first-order valence-electron chi connectivity index (χ1n) is 16.0. The fourth-order valence-corrected chi connectivity index (χ4v) is 6.44. The Morgan fingerprint density at radius 1 is 0.978 bits per heavy atom. The molecule has 1 amide bonds. The van der Waals surface area contributed by atoms with Gasteiger partial charge in [0, 0.05) is 69.4 Å². The van der Waals surface area contributed by atoms with Crippen molar-refractivity contribution in [3.63, 3.8) is 0 Å². The highest BCUT2D eigenvalue weighted by molar-refractivity contribution is 5.99. The molecule has 0 radical (unpaired) electrons. The van der Waals surface area contributed by atoms with Crippen molar-refractivity contribution in [3.8, 4) is 0 Å². The van der Waals surface area contributed by atoms with Crippen LogP contribution in [0, 0.1) is 6.92 Å². The van der Waals surface area contributed by atoms with Gasteiger partial charge in [-0.15, -0.1) is 0 Å². The molecule has 12 nitrogen and oxygen atoms in total. The number of aromatic nitrogens is 4. The summed E-state index contributed by atoms with van der Waals surface area (Å²) in [5.41, 5.74) is 2.14. The molecular formula is C33H43N7O5. The Morgan fingerprint density at radius 2 is 1.71 bits per heavy atom. The van der Waals surface area contributed by atoms with E-state index in [4.69, 9.17) is 10.1 Å². The standard InChI is InChI=1S/C33H43N7O5/c1-22-27-19-35-33(37-31(27)40(25-8-6-7-9-25)32(45)30(22)23(2)42)36-28-13-12-24(18-34-28)20-38-14-16-39(17-15-38)29(44)11-5-3-4-10-26(43)21-41/h12-13,18-19,25,41H,3-11,14-17,20-21H2,1-2H3,(H,34,35,36,37). The van der Waals surface area contributed by atoms with Crippen molar-refractivity contribution >= 4 is 40.3 Å². The van der Waals surface area contributed by atoms with Crippen LogP contribution in [-0.2, 0) is 16.1 Å². The van der Waals surface area contributed by atoms with Gasteiger partial charge in [-0.25, -0.2) is 9.97 Å². The second-order valence-corrected chi connectivity index (χ2v) is 12.2. The molecule has 1 saturated carbocycles. The van der Waals surface area contributed by atoms with Crippen LogP contribution in [0.2, 0.25) is 0 Å². The van der Waals surface area contributed by atoms with Gasteiger partial charge in [0.25, 0.3) is 5.56 Å². The van der Waals surface area contributed by atoms with Gasteiger partial charge in [-0.3, -0.25) is 28.6 Å². The molecule has 0 bridgehead atoms. The molecule has 240 valence electrons. The summed E-state index contributed by atoms with van der Waals surface area (Å²) >= 11 is 0. The van der Waals surface area contributed by atoms with Gasteiger partial charge in [0.15, 0.2) is 11.6 Å². The van der Waals surface area contributed by atoms with Crippen LogP contribution in [0.5, 0.6) is 0 Å². The molecule has 4 heterocycles. The number of ketones is 2. The lowest BCUT2D eigenvalue weighted by Gasteiger charge is -2.34. The molecule has 0 aromatic carbocycles. The van der Waals surface area contributed by atoms with E-state index in [0.29, 0.717) is 60.7 Å². The maximum Gasteiger partial charge on any atom is 0.263 e. The molecule has 45 heavy (non-hydrogen) atoms. The van der Waals surface area contributed by atoms with E-state index < -0.39 is 6.61 Å². The number of nitrogens with zero attached hydrogens (tertiary/aromatic N) is 6. The number of pyridine rings is 2. The van der Waals surface area contributed by atoms with E-state index in [1.807, 2.05) is 23.2 Å². The first-order chi connectivity index (χ1) is 21.7. The number of aliphatic hydroxyl groups excluding tert-OH is 1. The number of aryl methyl sites for hydroxylation is 1.